The molecule has 7 heteroatoms. The van der Waals surface area contributed by atoms with Crippen molar-refractivity contribution in [2.24, 2.45) is 0 Å². The van der Waals surface area contributed by atoms with Crippen LogP contribution in [0, 0.1) is 0 Å². The molecule has 0 unspecified atom stereocenters. The van der Waals surface area contributed by atoms with Gasteiger partial charge in [0.2, 0.25) is 0 Å². The fraction of sp³-hybridized carbons (Fsp3) is 0.750. The number of hydrogen-bond donors (Lipinski definition) is 0. The van der Waals surface area contributed by atoms with E-state index < -0.39 is 21.1 Å². The first-order valence-electron chi connectivity index (χ1n) is 4.05. The second-order valence-corrected chi connectivity index (χ2v) is 6.68. The third kappa shape index (κ3) is 14.3. The molecule has 0 aromatic heterocycles. The Bertz CT molecular complexity index is 160. The molecule has 4 nitrogen and oxygen atoms in total. The largest absolute Gasteiger partial charge is 0.147 e. The molecule has 0 aromatic rings. The van der Waals surface area contributed by atoms with Gasteiger partial charge >= 0.3 is 88.1 Å². The minimum Gasteiger partial charge on any atom is -0.147 e. The summed E-state index contributed by atoms with van der Waals surface area (Å²) in [5.41, 5.74) is 0. The summed E-state index contributed by atoms with van der Waals surface area (Å²) in [4.78, 5) is 21.4. The van der Waals surface area contributed by atoms with Crippen LogP contribution in [0.15, 0.2) is 0 Å². The van der Waals surface area contributed by atoms with E-state index in [1.165, 1.54) is 14.2 Å². The van der Waals surface area contributed by atoms with E-state index in [-0.39, 0.29) is 36.8 Å². The zero-order chi connectivity index (χ0) is 10.1. The van der Waals surface area contributed by atoms with E-state index >= 15 is 0 Å². The summed E-state index contributed by atoms with van der Waals surface area (Å²) in [6, 6.07) is 0. The first-order valence-corrected chi connectivity index (χ1v) is 8.08. The molecular weight excluding hydrogens is 350 g/mol. The maximum absolute atomic E-state index is 10.7. The average molecular weight is 366 g/mol. The minimum absolute atomic E-state index is 0. The number of carbonyl (C=O) groups excluding carboxylic acids is 2. The van der Waals surface area contributed by atoms with Crippen molar-refractivity contribution in [1.82, 2.24) is 0 Å². The number of rotatable bonds is 6. The molecule has 0 spiro atoms. The number of halogens is 2. The summed E-state index contributed by atoms with van der Waals surface area (Å²) in [5, 5.41) is 0. The van der Waals surface area contributed by atoms with Gasteiger partial charge in [0, 0.05) is 0 Å². The van der Waals surface area contributed by atoms with Gasteiger partial charge in [0.1, 0.15) is 0 Å². The molecule has 0 aliphatic rings. The van der Waals surface area contributed by atoms with Gasteiger partial charge in [-0.15, -0.1) is 24.8 Å². The minimum atomic E-state index is -0.551. The van der Waals surface area contributed by atoms with Gasteiger partial charge in [0.05, 0.1) is 0 Å². The third-order valence-electron chi connectivity index (χ3n) is 1.47. The van der Waals surface area contributed by atoms with Crippen molar-refractivity contribution in [2.45, 2.75) is 21.7 Å². The maximum Gasteiger partial charge on any atom is -0.147 e. The first-order chi connectivity index (χ1) is 6.20. The second-order valence-electron chi connectivity index (χ2n) is 2.40. The van der Waals surface area contributed by atoms with E-state index in [0.29, 0.717) is 12.8 Å². The summed E-state index contributed by atoms with van der Waals surface area (Å²) < 4.78 is 10.9. The van der Waals surface area contributed by atoms with Crippen molar-refractivity contribution < 1.29 is 19.1 Å². The van der Waals surface area contributed by atoms with Gasteiger partial charge in [-0.05, 0) is 0 Å². The molecule has 0 atom stereocenters. The zero-order valence-corrected chi connectivity index (χ0v) is 13.3. The molecule has 2 radical (unpaired) electrons. The van der Waals surface area contributed by atoms with Crippen LogP contribution in [0.4, 0.5) is 0 Å². The van der Waals surface area contributed by atoms with Crippen molar-refractivity contribution in [3.63, 3.8) is 0 Å². The van der Waals surface area contributed by atoms with Crippen LogP contribution in [0.25, 0.3) is 0 Å². The molecular formula is C8H16Cl2O4Sn. The van der Waals surface area contributed by atoms with Crippen LogP contribution in [0.1, 0.15) is 12.8 Å². The van der Waals surface area contributed by atoms with Gasteiger partial charge in [-0.3, -0.25) is 0 Å². The maximum atomic E-state index is 10.7. The molecule has 90 valence electrons. The Hall–Kier alpha value is 0.319. The molecule has 0 saturated heterocycles. The fourth-order valence-corrected chi connectivity index (χ4v) is 3.60. The van der Waals surface area contributed by atoms with E-state index in [9.17, 15) is 9.59 Å². The van der Waals surface area contributed by atoms with Crippen molar-refractivity contribution in [2.75, 3.05) is 14.2 Å². The smallest absolute Gasteiger partial charge is 0.147 e. The van der Waals surface area contributed by atoms with Gasteiger partial charge < -0.3 is 0 Å². The standard InChI is InChI=1S/2C4H7O2.2ClH.Sn/c2*1-3-4(5)6-2;;;/h2*1,3H2,2H3;2*1H;. The molecule has 0 N–H and O–H groups in total. The molecule has 0 amide bonds. The van der Waals surface area contributed by atoms with E-state index in [1.54, 1.807) is 0 Å². The Kier molecular flexibility index (Phi) is 19.8. The van der Waals surface area contributed by atoms with Gasteiger partial charge in [-0.2, -0.15) is 0 Å². The van der Waals surface area contributed by atoms with Crippen LogP contribution < -0.4 is 0 Å². The van der Waals surface area contributed by atoms with Crippen LogP contribution >= 0.6 is 24.8 Å². The molecule has 0 aliphatic carbocycles. The average Bonchev–Trinajstić information content (AvgIpc) is 2.16. The molecule has 0 aliphatic heterocycles. The van der Waals surface area contributed by atoms with Crippen LogP contribution in [-0.2, 0) is 19.1 Å². The predicted molar refractivity (Wildman–Crippen MR) is 63.1 cm³/mol. The van der Waals surface area contributed by atoms with Gasteiger partial charge in [0.25, 0.3) is 0 Å². The molecule has 15 heavy (non-hydrogen) atoms. The normalized spacial score (nSPS) is 8.13. The van der Waals surface area contributed by atoms with E-state index in [4.69, 9.17) is 0 Å². The Balaban J connectivity index is -0.000000720. The molecule has 0 heterocycles. The van der Waals surface area contributed by atoms with Gasteiger partial charge in [0.15, 0.2) is 0 Å². The first kappa shape index (κ1) is 20.7. The quantitative estimate of drug-likeness (QED) is 0.406. The van der Waals surface area contributed by atoms with Crippen LogP contribution in [0.2, 0.25) is 8.87 Å². The van der Waals surface area contributed by atoms with Crippen LogP contribution in [0.3, 0.4) is 0 Å². The van der Waals surface area contributed by atoms with Crippen molar-refractivity contribution in [1.29, 1.82) is 0 Å². The van der Waals surface area contributed by atoms with Crippen molar-refractivity contribution in [3.8, 4) is 0 Å². The van der Waals surface area contributed by atoms with Gasteiger partial charge in [-0.1, -0.05) is 0 Å². The molecule has 0 fully saturated rings. The van der Waals surface area contributed by atoms with Crippen LogP contribution in [-0.4, -0.2) is 47.3 Å². The molecule has 0 aromatic carbocycles. The predicted octanol–water partition coefficient (Wildman–Crippen LogP) is 1.50. The molecule has 0 rings (SSSR count). The van der Waals surface area contributed by atoms with Gasteiger partial charge in [-0.25, -0.2) is 0 Å². The van der Waals surface area contributed by atoms with Crippen LogP contribution in [0.5, 0.6) is 0 Å². The monoisotopic (exact) mass is 366 g/mol. The number of ether oxygens (including phenoxy) is 2. The second kappa shape index (κ2) is 14.3. The van der Waals surface area contributed by atoms with E-state index in [0.717, 1.165) is 8.87 Å². The summed E-state index contributed by atoms with van der Waals surface area (Å²) in [7, 11) is 2.78. The molecule has 0 saturated carbocycles. The SMILES string of the molecule is COC(=O)C[CH2][Sn][CH2]CC(=O)OC.Cl.Cl. The number of methoxy groups -OCH3 is 2. The molecule has 0 bridgehead atoms. The Morgan fingerprint density at radius 3 is 1.53 bits per heavy atom. The number of hydrogen-bond acceptors (Lipinski definition) is 4. The Labute approximate surface area is 112 Å². The number of carbonyl (C=O) groups is 2. The Morgan fingerprint density at radius 1 is 0.933 bits per heavy atom. The summed E-state index contributed by atoms with van der Waals surface area (Å²) >= 11 is -0.551. The van der Waals surface area contributed by atoms with E-state index in [2.05, 4.69) is 9.47 Å². The van der Waals surface area contributed by atoms with Crippen molar-refractivity contribution in [3.05, 3.63) is 0 Å². The number of esters is 2. The summed E-state index contributed by atoms with van der Waals surface area (Å²) in [6.45, 7) is 0. The van der Waals surface area contributed by atoms with Crippen molar-refractivity contribution >= 4 is 57.9 Å². The zero-order valence-electron chi connectivity index (χ0n) is 8.78. The fourth-order valence-electron chi connectivity index (χ4n) is 0.710. The Morgan fingerprint density at radius 2 is 1.27 bits per heavy atom. The van der Waals surface area contributed by atoms with E-state index in [1.807, 2.05) is 0 Å². The summed E-state index contributed by atoms with van der Waals surface area (Å²) in [6.07, 6.45) is 1.01. The summed E-state index contributed by atoms with van der Waals surface area (Å²) in [5.74, 6) is -0.307. The topological polar surface area (TPSA) is 52.6 Å². The third-order valence-corrected chi connectivity index (χ3v) is 4.91.